The largest absolute Gasteiger partial charge is 0.444 e. The van der Waals surface area contributed by atoms with Crippen molar-refractivity contribution in [3.8, 4) is 11.1 Å². The number of amides is 1. The fourth-order valence-electron chi connectivity index (χ4n) is 1.76. The maximum atomic E-state index is 11.8. The van der Waals surface area contributed by atoms with Gasteiger partial charge in [-0.05, 0) is 44.9 Å². The van der Waals surface area contributed by atoms with Crippen LogP contribution < -0.4 is 5.32 Å². The third kappa shape index (κ3) is 3.60. The molecule has 20 heavy (non-hydrogen) atoms. The number of carbonyl (C=O) groups excluding carboxylic acids is 1. The number of nitrogens with zero attached hydrogens (tertiary/aromatic N) is 1. The predicted molar refractivity (Wildman–Crippen MR) is 78.6 cm³/mol. The van der Waals surface area contributed by atoms with Gasteiger partial charge in [0.2, 0.25) is 0 Å². The van der Waals surface area contributed by atoms with Crippen molar-refractivity contribution in [2.75, 3.05) is 5.32 Å². The van der Waals surface area contributed by atoms with E-state index in [-0.39, 0.29) is 0 Å². The van der Waals surface area contributed by atoms with Gasteiger partial charge >= 0.3 is 6.09 Å². The van der Waals surface area contributed by atoms with Crippen molar-refractivity contribution in [3.63, 3.8) is 0 Å². The Labute approximate surface area is 118 Å². The molecule has 0 fully saturated rings. The Morgan fingerprint density at radius 2 is 2.05 bits per heavy atom. The molecule has 5 nitrogen and oxygen atoms in total. The molecule has 0 spiro atoms. The lowest BCUT2D eigenvalue weighted by Gasteiger charge is -2.20. The van der Waals surface area contributed by atoms with Crippen molar-refractivity contribution in [1.29, 1.82) is 0 Å². The molecule has 106 valence electrons. The van der Waals surface area contributed by atoms with Crippen LogP contribution in [-0.4, -0.2) is 21.9 Å². The van der Waals surface area contributed by atoms with Gasteiger partial charge in [0.25, 0.3) is 0 Å². The minimum atomic E-state index is -0.514. The van der Waals surface area contributed by atoms with Crippen LogP contribution >= 0.6 is 0 Å². The number of H-pyrrole nitrogens is 1. The second-order valence-electron chi connectivity index (χ2n) is 5.64. The highest BCUT2D eigenvalue weighted by molar-refractivity contribution is 5.87. The number of hydrogen-bond acceptors (Lipinski definition) is 3. The van der Waals surface area contributed by atoms with Gasteiger partial charge in [-0.25, -0.2) is 4.79 Å². The molecule has 0 radical (unpaired) electrons. The molecule has 2 rings (SSSR count). The molecule has 1 heterocycles. The summed E-state index contributed by atoms with van der Waals surface area (Å²) in [5.41, 5.74) is 3.15. The van der Waals surface area contributed by atoms with E-state index in [0.717, 1.165) is 22.4 Å². The molecule has 0 aliphatic heterocycles. The number of hydrogen-bond donors (Lipinski definition) is 2. The van der Waals surface area contributed by atoms with Crippen LogP contribution in [0.1, 0.15) is 26.3 Å². The topological polar surface area (TPSA) is 67.0 Å². The van der Waals surface area contributed by atoms with E-state index < -0.39 is 11.7 Å². The first-order valence-corrected chi connectivity index (χ1v) is 6.45. The molecular formula is C15H19N3O2. The van der Waals surface area contributed by atoms with Crippen LogP contribution in [0.15, 0.2) is 30.6 Å². The molecular weight excluding hydrogens is 254 g/mol. The number of anilines is 1. The predicted octanol–water partition coefficient (Wildman–Crippen LogP) is 3.73. The number of ether oxygens (including phenoxy) is 1. The highest BCUT2D eigenvalue weighted by atomic mass is 16.6. The number of aryl methyl sites for hydroxylation is 1. The molecule has 5 heteroatoms. The Hall–Kier alpha value is -2.30. The maximum Gasteiger partial charge on any atom is 0.412 e. The van der Waals surface area contributed by atoms with Crippen LogP contribution in [0.2, 0.25) is 0 Å². The van der Waals surface area contributed by atoms with Gasteiger partial charge in [-0.3, -0.25) is 10.4 Å². The van der Waals surface area contributed by atoms with Crippen molar-refractivity contribution in [2.45, 2.75) is 33.3 Å². The normalized spacial score (nSPS) is 11.2. The second-order valence-corrected chi connectivity index (χ2v) is 5.64. The number of aromatic amines is 1. The fourth-order valence-corrected chi connectivity index (χ4v) is 1.76. The lowest BCUT2D eigenvalue weighted by Crippen LogP contribution is -2.27. The van der Waals surface area contributed by atoms with Gasteiger partial charge in [-0.15, -0.1) is 0 Å². The molecule has 0 unspecified atom stereocenters. The second kappa shape index (κ2) is 5.36. The quantitative estimate of drug-likeness (QED) is 0.876. The van der Waals surface area contributed by atoms with Crippen LogP contribution in [-0.2, 0) is 4.74 Å². The third-order valence-electron chi connectivity index (χ3n) is 2.70. The molecule has 0 atom stereocenters. The first-order valence-electron chi connectivity index (χ1n) is 6.45. The van der Waals surface area contributed by atoms with E-state index in [1.165, 1.54) is 0 Å². The zero-order chi connectivity index (χ0) is 14.8. The van der Waals surface area contributed by atoms with Crippen molar-refractivity contribution in [1.82, 2.24) is 10.2 Å². The molecule has 0 aliphatic rings. The smallest absolute Gasteiger partial charge is 0.412 e. The molecule has 2 N–H and O–H groups in total. The average Bonchev–Trinajstić information content (AvgIpc) is 2.83. The summed E-state index contributed by atoms with van der Waals surface area (Å²) < 4.78 is 5.26. The molecule has 0 aliphatic carbocycles. The van der Waals surface area contributed by atoms with E-state index >= 15 is 0 Å². The van der Waals surface area contributed by atoms with E-state index in [9.17, 15) is 4.79 Å². The summed E-state index contributed by atoms with van der Waals surface area (Å²) in [4.78, 5) is 11.8. The zero-order valence-electron chi connectivity index (χ0n) is 12.2. The van der Waals surface area contributed by atoms with E-state index in [2.05, 4.69) is 15.5 Å². The SMILES string of the molecule is Cc1ccc(-c2cn[nH]c2)cc1NC(=O)OC(C)(C)C. The Kier molecular flexibility index (Phi) is 3.79. The minimum Gasteiger partial charge on any atom is -0.444 e. The van der Waals surface area contributed by atoms with E-state index in [1.807, 2.05) is 52.1 Å². The highest BCUT2D eigenvalue weighted by Crippen LogP contribution is 2.25. The van der Waals surface area contributed by atoms with E-state index in [1.54, 1.807) is 6.20 Å². The Morgan fingerprint density at radius 1 is 1.30 bits per heavy atom. The lowest BCUT2D eigenvalue weighted by atomic mass is 10.1. The average molecular weight is 273 g/mol. The summed E-state index contributed by atoms with van der Waals surface area (Å²) in [5, 5.41) is 9.47. The first kappa shape index (κ1) is 14.1. The van der Waals surface area contributed by atoms with E-state index in [0.29, 0.717) is 0 Å². The number of benzene rings is 1. The van der Waals surface area contributed by atoms with Crippen LogP contribution in [0, 0.1) is 6.92 Å². The third-order valence-corrected chi connectivity index (χ3v) is 2.70. The van der Waals surface area contributed by atoms with Crippen LogP contribution in [0.5, 0.6) is 0 Å². The van der Waals surface area contributed by atoms with E-state index in [4.69, 9.17) is 4.74 Å². The Bertz CT molecular complexity index is 598. The molecule has 1 aromatic heterocycles. The van der Waals surface area contributed by atoms with Crippen LogP contribution in [0.3, 0.4) is 0 Å². The summed E-state index contributed by atoms with van der Waals surface area (Å²) in [6.07, 6.45) is 3.09. The van der Waals surface area contributed by atoms with Gasteiger partial charge in [0, 0.05) is 17.4 Å². The van der Waals surface area contributed by atoms with Crippen LogP contribution in [0.25, 0.3) is 11.1 Å². The zero-order valence-corrected chi connectivity index (χ0v) is 12.2. The summed E-state index contributed by atoms with van der Waals surface area (Å²) in [5.74, 6) is 0. The van der Waals surface area contributed by atoms with Gasteiger partial charge in [0.1, 0.15) is 5.60 Å². The Balaban J connectivity index is 2.19. The molecule has 0 saturated heterocycles. The Morgan fingerprint density at radius 3 is 2.65 bits per heavy atom. The molecule has 0 bridgehead atoms. The number of carbonyl (C=O) groups is 1. The first-order chi connectivity index (χ1) is 9.35. The summed E-state index contributed by atoms with van der Waals surface area (Å²) in [7, 11) is 0. The lowest BCUT2D eigenvalue weighted by molar-refractivity contribution is 0.0636. The van der Waals surface area contributed by atoms with Gasteiger partial charge in [-0.2, -0.15) is 5.10 Å². The van der Waals surface area contributed by atoms with Crippen LogP contribution in [0.4, 0.5) is 10.5 Å². The number of nitrogens with one attached hydrogen (secondary N) is 2. The van der Waals surface area contributed by atoms with Gasteiger partial charge < -0.3 is 4.74 Å². The monoisotopic (exact) mass is 273 g/mol. The minimum absolute atomic E-state index is 0.454. The molecule has 0 saturated carbocycles. The molecule has 1 aromatic carbocycles. The van der Waals surface area contributed by atoms with Gasteiger partial charge in [0.15, 0.2) is 0 Å². The molecule has 2 aromatic rings. The van der Waals surface area contributed by atoms with Crippen molar-refractivity contribution < 1.29 is 9.53 Å². The van der Waals surface area contributed by atoms with Crippen molar-refractivity contribution in [2.24, 2.45) is 0 Å². The molecule has 1 amide bonds. The van der Waals surface area contributed by atoms with Crippen molar-refractivity contribution >= 4 is 11.8 Å². The van der Waals surface area contributed by atoms with Gasteiger partial charge in [-0.1, -0.05) is 12.1 Å². The number of aromatic nitrogens is 2. The number of rotatable bonds is 2. The summed E-state index contributed by atoms with van der Waals surface area (Å²) >= 11 is 0. The van der Waals surface area contributed by atoms with Gasteiger partial charge in [0.05, 0.1) is 6.20 Å². The maximum absolute atomic E-state index is 11.8. The fraction of sp³-hybridized carbons (Fsp3) is 0.333. The van der Waals surface area contributed by atoms with Crippen molar-refractivity contribution in [3.05, 3.63) is 36.2 Å². The standard InChI is InChI=1S/C15H19N3O2/c1-10-5-6-11(12-8-16-17-9-12)7-13(10)18-14(19)20-15(2,3)4/h5-9H,1-4H3,(H,16,17)(H,18,19). The highest BCUT2D eigenvalue weighted by Gasteiger charge is 2.17. The summed E-state index contributed by atoms with van der Waals surface area (Å²) in [6, 6.07) is 5.85. The summed E-state index contributed by atoms with van der Waals surface area (Å²) in [6.45, 7) is 7.44.